The molecule has 0 atom stereocenters. The highest BCUT2D eigenvalue weighted by atomic mass is 35.5. The Hall–Kier alpha value is -1.93. The van der Waals surface area contributed by atoms with Crippen LogP contribution in [0.4, 0.5) is 0 Å². The van der Waals surface area contributed by atoms with Gasteiger partial charge in [-0.1, -0.05) is 64.8 Å². The molecule has 0 spiro atoms. The normalized spacial score (nSPS) is 11.6. The van der Waals surface area contributed by atoms with E-state index in [1.807, 2.05) is 30.3 Å². The molecule has 0 unspecified atom stereocenters. The maximum atomic E-state index is 12.2. The van der Waals surface area contributed by atoms with Crippen molar-refractivity contribution in [3.63, 3.8) is 0 Å². The fourth-order valence-electron chi connectivity index (χ4n) is 2.11. The molecule has 9 heteroatoms. The Morgan fingerprint density at radius 3 is 2.36 bits per heavy atom. The van der Waals surface area contributed by atoms with Crippen molar-refractivity contribution < 1.29 is 12.9 Å². The lowest BCUT2D eigenvalue weighted by molar-refractivity contribution is 0.376. The van der Waals surface area contributed by atoms with Gasteiger partial charge in [-0.15, -0.1) is 0 Å². The van der Waals surface area contributed by atoms with Crippen molar-refractivity contribution in [1.82, 2.24) is 14.9 Å². The van der Waals surface area contributed by atoms with Crippen molar-refractivity contribution in [1.29, 1.82) is 0 Å². The van der Waals surface area contributed by atoms with Crippen molar-refractivity contribution in [2.45, 2.75) is 12.3 Å². The second-order valence-electron chi connectivity index (χ2n) is 5.16. The van der Waals surface area contributed by atoms with Crippen LogP contribution in [-0.4, -0.2) is 18.6 Å². The Balaban J connectivity index is 1.68. The molecule has 0 bridgehead atoms. The molecule has 0 saturated heterocycles. The number of rotatable bonds is 6. The minimum absolute atomic E-state index is 0.121. The average molecular weight is 398 g/mol. The van der Waals surface area contributed by atoms with Gasteiger partial charge in [0.05, 0.1) is 12.3 Å². The summed E-state index contributed by atoms with van der Waals surface area (Å²) in [6, 6.07) is 14.1. The SMILES string of the molecule is O=S(=O)(Cc1c(Cl)cccc1Cl)NCc1nc(-c2ccccc2)no1. The highest BCUT2D eigenvalue weighted by molar-refractivity contribution is 7.88. The first-order chi connectivity index (χ1) is 11.9. The van der Waals surface area contributed by atoms with Crippen molar-refractivity contribution in [3.8, 4) is 11.4 Å². The van der Waals surface area contributed by atoms with Crippen LogP contribution in [0, 0.1) is 0 Å². The monoisotopic (exact) mass is 397 g/mol. The summed E-state index contributed by atoms with van der Waals surface area (Å²) in [6.07, 6.45) is 0. The molecule has 0 aliphatic rings. The number of aromatic nitrogens is 2. The molecule has 0 amide bonds. The van der Waals surface area contributed by atoms with E-state index < -0.39 is 10.0 Å². The van der Waals surface area contributed by atoms with Crippen LogP contribution in [0.3, 0.4) is 0 Å². The summed E-state index contributed by atoms with van der Waals surface area (Å²) in [5, 5.41) is 4.42. The van der Waals surface area contributed by atoms with Gasteiger partial charge in [0.1, 0.15) is 0 Å². The fraction of sp³-hybridized carbons (Fsp3) is 0.125. The van der Waals surface area contributed by atoms with Crippen LogP contribution in [0.25, 0.3) is 11.4 Å². The first-order valence-corrected chi connectivity index (χ1v) is 9.64. The number of halogens is 2. The number of nitrogens with one attached hydrogen (secondary N) is 1. The van der Waals surface area contributed by atoms with E-state index >= 15 is 0 Å². The van der Waals surface area contributed by atoms with E-state index in [4.69, 9.17) is 27.7 Å². The fourth-order valence-corrected chi connectivity index (χ4v) is 3.94. The zero-order valence-corrected chi connectivity index (χ0v) is 15.1. The largest absolute Gasteiger partial charge is 0.338 e. The summed E-state index contributed by atoms with van der Waals surface area (Å²) in [5.74, 6) is 0.210. The van der Waals surface area contributed by atoms with Gasteiger partial charge in [-0.25, -0.2) is 13.1 Å². The Bertz CT molecular complexity index is 955. The van der Waals surface area contributed by atoms with Crippen molar-refractivity contribution >= 4 is 33.2 Å². The van der Waals surface area contributed by atoms with Crippen LogP contribution in [0.15, 0.2) is 53.1 Å². The summed E-state index contributed by atoms with van der Waals surface area (Å²) in [7, 11) is -3.68. The molecule has 0 fully saturated rings. The standard InChI is InChI=1S/C16H13Cl2N3O3S/c17-13-7-4-8-14(18)12(13)10-25(22,23)19-9-15-20-16(21-24-15)11-5-2-1-3-6-11/h1-8,19H,9-10H2. The van der Waals surface area contributed by atoms with Crippen molar-refractivity contribution in [2.75, 3.05) is 0 Å². The third-order valence-electron chi connectivity index (χ3n) is 3.34. The Kier molecular flexibility index (Phi) is 5.39. The van der Waals surface area contributed by atoms with Crippen molar-refractivity contribution in [3.05, 3.63) is 70.0 Å². The van der Waals surface area contributed by atoms with Gasteiger partial charge in [0.2, 0.25) is 21.7 Å². The van der Waals surface area contributed by atoms with Gasteiger partial charge in [-0.3, -0.25) is 0 Å². The lowest BCUT2D eigenvalue weighted by atomic mass is 10.2. The maximum Gasteiger partial charge on any atom is 0.242 e. The molecule has 1 heterocycles. The van der Waals surface area contributed by atoms with Crippen LogP contribution in [0.1, 0.15) is 11.5 Å². The molecule has 1 aromatic heterocycles. The summed E-state index contributed by atoms with van der Waals surface area (Å²) < 4.78 is 31.9. The van der Waals surface area contributed by atoms with E-state index in [-0.39, 0.29) is 18.2 Å². The van der Waals surface area contributed by atoms with Crippen LogP contribution >= 0.6 is 23.2 Å². The molecule has 1 N–H and O–H groups in total. The minimum atomic E-state index is -3.68. The van der Waals surface area contributed by atoms with E-state index in [1.54, 1.807) is 18.2 Å². The molecule has 6 nitrogen and oxygen atoms in total. The molecule has 130 valence electrons. The predicted molar refractivity (Wildman–Crippen MR) is 95.7 cm³/mol. The molecule has 2 aromatic carbocycles. The van der Waals surface area contributed by atoms with E-state index in [2.05, 4.69) is 14.9 Å². The van der Waals surface area contributed by atoms with E-state index in [9.17, 15) is 8.42 Å². The predicted octanol–water partition coefficient (Wildman–Crippen LogP) is 3.66. The second kappa shape index (κ2) is 7.53. The number of hydrogen-bond donors (Lipinski definition) is 1. The van der Waals surface area contributed by atoms with Crippen LogP contribution in [0.2, 0.25) is 10.0 Å². The third kappa shape index (κ3) is 4.58. The Morgan fingerprint density at radius 2 is 1.68 bits per heavy atom. The molecule has 3 aromatic rings. The summed E-state index contributed by atoms with van der Waals surface area (Å²) in [5.41, 5.74) is 1.12. The highest BCUT2D eigenvalue weighted by Gasteiger charge is 2.18. The molecule has 25 heavy (non-hydrogen) atoms. The van der Waals surface area contributed by atoms with Gasteiger partial charge < -0.3 is 4.52 Å². The zero-order valence-electron chi connectivity index (χ0n) is 12.8. The zero-order chi connectivity index (χ0) is 17.9. The maximum absolute atomic E-state index is 12.2. The van der Waals surface area contributed by atoms with Gasteiger partial charge in [-0.05, 0) is 12.1 Å². The summed E-state index contributed by atoms with van der Waals surface area (Å²) >= 11 is 12.0. The van der Waals surface area contributed by atoms with Gasteiger partial charge in [0.15, 0.2) is 0 Å². The van der Waals surface area contributed by atoms with Gasteiger partial charge in [0, 0.05) is 21.2 Å². The quantitative estimate of drug-likeness (QED) is 0.685. The van der Waals surface area contributed by atoms with E-state index in [0.717, 1.165) is 5.56 Å². The molecule has 0 radical (unpaired) electrons. The summed E-state index contributed by atoms with van der Waals surface area (Å²) in [6.45, 7) is -0.121. The van der Waals surface area contributed by atoms with Gasteiger partial charge >= 0.3 is 0 Å². The summed E-state index contributed by atoms with van der Waals surface area (Å²) in [4.78, 5) is 4.17. The van der Waals surface area contributed by atoms with E-state index in [0.29, 0.717) is 21.4 Å². The molecule has 3 rings (SSSR count). The molecular formula is C16H13Cl2N3O3S. The molecular weight excluding hydrogens is 385 g/mol. The lowest BCUT2D eigenvalue weighted by Crippen LogP contribution is -2.25. The van der Waals surface area contributed by atoms with Crippen LogP contribution in [0.5, 0.6) is 0 Å². The first kappa shape index (κ1) is 17.9. The number of sulfonamides is 1. The average Bonchev–Trinajstić information content (AvgIpc) is 3.07. The van der Waals surface area contributed by atoms with Gasteiger partial charge in [0.25, 0.3) is 0 Å². The van der Waals surface area contributed by atoms with E-state index in [1.165, 1.54) is 0 Å². The number of benzene rings is 2. The molecule has 0 aliphatic carbocycles. The Labute approximate surface area is 154 Å². The molecule has 0 aliphatic heterocycles. The number of nitrogens with zero attached hydrogens (tertiary/aromatic N) is 2. The second-order valence-corrected chi connectivity index (χ2v) is 7.78. The lowest BCUT2D eigenvalue weighted by Gasteiger charge is -2.08. The van der Waals surface area contributed by atoms with Crippen molar-refractivity contribution in [2.24, 2.45) is 0 Å². The minimum Gasteiger partial charge on any atom is -0.338 e. The smallest absolute Gasteiger partial charge is 0.242 e. The number of hydrogen-bond acceptors (Lipinski definition) is 5. The molecule has 0 saturated carbocycles. The third-order valence-corrected chi connectivity index (χ3v) is 5.30. The topological polar surface area (TPSA) is 85.1 Å². The van der Waals surface area contributed by atoms with Crippen LogP contribution < -0.4 is 4.72 Å². The van der Waals surface area contributed by atoms with Gasteiger partial charge in [-0.2, -0.15) is 4.98 Å². The Morgan fingerprint density at radius 1 is 1.00 bits per heavy atom. The highest BCUT2D eigenvalue weighted by Crippen LogP contribution is 2.26. The van der Waals surface area contributed by atoms with Crippen LogP contribution in [-0.2, 0) is 22.3 Å². The first-order valence-electron chi connectivity index (χ1n) is 7.23.